The van der Waals surface area contributed by atoms with Gasteiger partial charge in [0.05, 0.1) is 33.3 Å². The van der Waals surface area contributed by atoms with Gasteiger partial charge in [0.15, 0.2) is 11.5 Å². The van der Waals surface area contributed by atoms with Crippen LogP contribution in [-0.2, 0) is 9.53 Å². The second-order valence-electron chi connectivity index (χ2n) is 5.52. The van der Waals surface area contributed by atoms with Crippen molar-refractivity contribution in [3.8, 4) is 11.5 Å². The predicted octanol–water partition coefficient (Wildman–Crippen LogP) is 3.13. The number of esters is 1. The first-order valence-corrected chi connectivity index (χ1v) is 8.32. The Morgan fingerprint density at radius 1 is 1.00 bits per heavy atom. The van der Waals surface area contributed by atoms with Crippen molar-refractivity contribution in [3.63, 3.8) is 0 Å². The molecule has 0 aromatic heterocycles. The molecule has 6 nitrogen and oxygen atoms in total. The smallest absolute Gasteiger partial charge is 0.308 e. The SMILES string of the molecule is CCOC(=O)CC(NC(=O)c1ccc(OC)c(OC)c1)c1ccccc1. The molecule has 0 saturated carbocycles. The summed E-state index contributed by atoms with van der Waals surface area (Å²) >= 11 is 0. The fraction of sp³-hybridized carbons (Fsp3) is 0.300. The first kappa shape index (κ1) is 19.3. The standard InChI is InChI=1S/C20H23NO5/c1-4-26-19(22)13-16(14-8-6-5-7-9-14)21-20(23)15-10-11-17(24-2)18(12-15)25-3/h5-12,16H,4,13H2,1-3H3,(H,21,23). The molecule has 0 fully saturated rings. The molecule has 1 N–H and O–H groups in total. The second-order valence-corrected chi connectivity index (χ2v) is 5.52. The van der Waals surface area contributed by atoms with Gasteiger partial charge in [0.25, 0.3) is 5.91 Å². The first-order chi connectivity index (χ1) is 12.6. The van der Waals surface area contributed by atoms with Crippen LogP contribution in [0.3, 0.4) is 0 Å². The van der Waals surface area contributed by atoms with Gasteiger partial charge in [0, 0.05) is 5.56 Å². The van der Waals surface area contributed by atoms with Crippen LogP contribution in [0.15, 0.2) is 48.5 Å². The number of carbonyl (C=O) groups is 2. The van der Waals surface area contributed by atoms with E-state index in [1.165, 1.54) is 14.2 Å². The Morgan fingerprint density at radius 3 is 2.31 bits per heavy atom. The van der Waals surface area contributed by atoms with Crippen molar-refractivity contribution >= 4 is 11.9 Å². The lowest BCUT2D eigenvalue weighted by atomic mass is 10.0. The molecule has 138 valence electrons. The Labute approximate surface area is 153 Å². The number of hydrogen-bond acceptors (Lipinski definition) is 5. The second kappa shape index (κ2) is 9.46. The van der Waals surface area contributed by atoms with Crippen LogP contribution in [0.2, 0.25) is 0 Å². The van der Waals surface area contributed by atoms with E-state index in [2.05, 4.69) is 5.32 Å². The lowest BCUT2D eigenvalue weighted by Gasteiger charge is -2.19. The van der Waals surface area contributed by atoms with Crippen LogP contribution < -0.4 is 14.8 Å². The highest BCUT2D eigenvalue weighted by Gasteiger charge is 2.20. The van der Waals surface area contributed by atoms with Crippen LogP contribution in [0.1, 0.15) is 35.3 Å². The summed E-state index contributed by atoms with van der Waals surface area (Å²) in [7, 11) is 3.04. The number of methoxy groups -OCH3 is 2. The van der Waals surface area contributed by atoms with E-state index in [1.54, 1.807) is 25.1 Å². The highest BCUT2D eigenvalue weighted by molar-refractivity contribution is 5.95. The number of rotatable bonds is 8. The zero-order valence-electron chi connectivity index (χ0n) is 15.2. The van der Waals surface area contributed by atoms with Gasteiger partial charge >= 0.3 is 5.97 Å². The average molecular weight is 357 g/mol. The molecule has 0 heterocycles. The third-order valence-corrected chi connectivity index (χ3v) is 3.83. The van der Waals surface area contributed by atoms with Gasteiger partial charge < -0.3 is 19.5 Å². The molecule has 0 spiro atoms. The van der Waals surface area contributed by atoms with Gasteiger partial charge in [-0.05, 0) is 30.7 Å². The molecular formula is C20H23NO5. The number of amides is 1. The molecule has 2 rings (SSSR count). The van der Waals surface area contributed by atoms with E-state index in [4.69, 9.17) is 14.2 Å². The van der Waals surface area contributed by atoms with Crippen molar-refractivity contribution in [2.45, 2.75) is 19.4 Å². The number of hydrogen-bond donors (Lipinski definition) is 1. The van der Waals surface area contributed by atoms with Crippen molar-refractivity contribution in [1.29, 1.82) is 0 Å². The summed E-state index contributed by atoms with van der Waals surface area (Å²) in [6, 6.07) is 13.7. The molecule has 26 heavy (non-hydrogen) atoms. The van der Waals surface area contributed by atoms with E-state index in [9.17, 15) is 9.59 Å². The molecule has 0 aliphatic carbocycles. The number of carbonyl (C=O) groups excluding carboxylic acids is 2. The van der Waals surface area contributed by atoms with Crippen LogP contribution >= 0.6 is 0 Å². The summed E-state index contributed by atoms with van der Waals surface area (Å²) in [6.07, 6.45) is 0.0525. The Balaban J connectivity index is 2.21. The summed E-state index contributed by atoms with van der Waals surface area (Å²) < 4.78 is 15.4. The fourth-order valence-corrected chi connectivity index (χ4v) is 2.54. The largest absolute Gasteiger partial charge is 0.493 e. The summed E-state index contributed by atoms with van der Waals surface area (Å²) in [5, 5.41) is 2.89. The summed E-state index contributed by atoms with van der Waals surface area (Å²) in [4.78, 5) is 24.6. The fourth-order valence-electron chi connectivity index (χ4n) is 2.54. The Bertz CT molecular complexity index is 745. The molecule has 2 aromatic rings. The minimum atomic E-state index is -0.490. The molecule has 1 amide bonds. The van der Waals surface area contributed by atoms with E-state index >= 15 is 0 Å². The maximum absolute atomic E-state index is 12.7. The van der Waals surface area contributed by atoms with Crippen molar-refractivity contribution in [3.05, 3.63) is 59.7 Å². The normalized spacial score (nSPS) is 11.3. The third-order valence-electron chi connectivity index (χ3n) is 3.83. The van der Waals surface area contributed by atoms with Crippen molar-refractivity contribution in [2.24, 2.45) is 0 Å². The summed E-state index contributed by atoms with van der Waals surface area (Å²) in [5.41, 5.74) is 1.24. The molecule has 0 saturated heterocycles. The van der Waals surface area contributed by atoms with Gasteiger partial charge in [-0.3, -0.25) is 9.59 Å². The van der Waals surface area contributed by atoms with E-state index in [-0.39, 0.29) is 18.3 Å². The minimum absolute atomic E-state index is 0.0525. The number of nitrogens with one attached hydrogen (secondary N) is 1. The molecule has 0 bridgehead atoms. The molecule has 1 unspecified atom stereocenters. The molecular weight excluding hydrogens is 334 g/mol. The topological polar surface area (TPSA) is 73.9 Å². The van der Waals surface area contributed by atoms with E-state index in [0.29, 0.717) is 23.7 Å². The van der Waals surface area contributed by atoms with Gasteiger partial charge in [-0.2, -0.15) is 0 Å². The van der Waals surface area contributed by atoms with Gasteiger partial charge in [0.1, 0.15) is 0 Å². The summed E-state index contributed by atoms with van der Waals surface area (Å²) in [5.74, 6) is 0.315. The predicted molar refractivity (Wildman–Crippen MR) is 97.4 cm³/mol. The van der Waals surface area contributed by atoms with Crippen LogP contribution in [0.25, 0.3) is 0 Å². The third kappa shape index (κ3) is 4.99. The molecule has 0 aliphatic rings. The molecule has 6 heteroatoms. The molecule has 0 aliphatic heterocycles. The van der Waals surface area contributed by atoms with Crippen molar-refractivity contribution < 1.29 is 23.8 Å². The van der Waals surface area contributed by atoms with Gasteiger partial charge in [-0.15, -0.1) is 0 Å². The molecule has 1 atom stereocenters. The Hall–Kier alpha value is -3.02. The summed E-state index contributed by atoms with van der Waals surface area (Å²) in [6.45, 7) is 2.04. The van der Waals surface area contributed by atoms with Crippen LogP contribution in [0, 0.1) is 0 Å². The van der Waals surface area contributed by atoms with Gasteiger partial charge in [-0.25, -0.2) is 0 Å². The van der Waals surface area contributed by atoms with Gasteiger partial charge in [-0.1, -0.05) is 30.3 Å². The number of ether oxygens (including phenoxy) is 3. The molecule has 2 aromatic carbocycles. The highest BCUT2D eigenvalue weighted by Crippen LogP contribution is 2.28. The zero-order chi connectivity index (χ0) is 18.9. The lowest BCUT2D eigenvalue weighted by molar-refractivity contribution is -0.143. The van der Waals surface area contributed by atoms with Crippen LogP contribution in [-0.4, -0.2) is 32.7 Å². The average Bonchev–Trinajstić information content (AvgIpc) is 2.67. The maximum Gasteiger partial charge on any atom is 0.308 e. The van der Waals surface area contributed by atoms with E-state index < -0.39 is 6.04 Å². The maximum atomic E-state index is 12.7. The van der Waals surface area contributed by atoms with Crippen LogP contribution in [0.4, 0.5) is 0 Å². The van der Waals surface area contributed by atoms with Crippen molar-refractivity contribution in [1.82, 2.24) is 5.32 Å². The number of benzene rings is 2. The Morgan fingerprint density at radius 2 is 1.69 bits per heavy atom. The molecule has 0 radical (unpaired) electrons. The lowest BCUT2D eigenvalue weighted by Crippen LogP contribution is -2.30. The monoisotopic (exact) mass is 357 g/mol. The zero-order valence-corrected chi connectivity index (χ0v) is 15.2. The minimum Gasteiger partial charge on any atom is -0.493 e. The van der Waals surface area contributed by atoms with Gasteiger partial charge in [0.2, 0.25) is 0 Å². The van der Waals surface area contributed by atoms with Crippen LogP contribution in [0.5, 0.6) is 11.5 Å². The van der Waals surface area contributed by atoms with E-state index in [0.717, 1.165) is 5.56 Å². The Kier molecular flexibility index (Phi) is 7.02. The highest BCUT2D eigenvalue weighted by atomic mass is 16.5. The van der Waals surface area contributed by atoms with Crippen molar-refractivity contribution in [2.75, 3.05) is 20.8 Å². The van der Waals surface area contributed by atoms with E-state index in [1.807, 2.05) is 30.3 Å². The first-order valence-electron chi connectivity index (χ1n) is 8.32. The quantitative estimate of drug-likeness (QED) is 0.735.